The molecule has 3 nitrogen and oxygen atoms in total. The average molecular weight is 360 g/mol. The number of hydrogen-bond donors (Lipinski definition) is 1. The zero-order valence-electron chi connectivity index (χ0n) is 12.8. The van der Waals surface area contributed by atoms with Gasteiger partial charge in [0.1, 0.15) is 4.91 Å². The van der Waals surface area contributed by atoms with E-state index in [0.29, 0.717) is 11.1 Å². The molecule has 0 aromatic heterocycles. The van der Waals surface area contributed by atoms with E-state index in [1.165, 1.54) is 6.08 Å². The Morgan fingerprint density at radius 3 is 1.88 bits per heavy atom. The van der Waals surface area contributed by atoms with Gasteiger partial charge in [0.25, 0.3) is 10.1 Å². The molecule has 0 aliphatic rings. The van der Waals surface area contributed by atoms with Crippen molar-refractivity contribution in [1.29, 1.82) is 0 Å². The maximum atomic E-state index is 12.0. The molecule has 0 saturated heterocycles. The van der Waals surface area contributed by atoms with Crippen LogP contribution in [0.2, 0.25) is 0 Å². The molecule has 122 valence electrons. The van der Waals surface area contributed by atoms with Crippen molar-refractivity contribution in [2.45, 2.75) is 0 Å². The predicted octanol–water partition coefficient (Wildman–Crippen LogP) is 4.09. The summed E-state index contributed by atoms with van der Waals surface area (Å²) in [6, 6.07) is 25.7. The van der Waals surface area contributed by atoms with Gasteiger partial charge in [-0.2, -0.15) is 8.42 Å². The molecule has 0 bridgehead atoms. The van der Waals surface area contributed by atoms with Gasteiger partial charge in [-0.1, -0.05) is 84.9 Å². The van der Waals surface area contributed by atoms with E-state index in [4.69, 9.17) is 0 Å². The van der Waals surface area contributed by atoms with E-state index in [0.717, 1.165) is 11.1 Å². The summed E-state index contributed by atoms with van der Waals surface area (Å²) in [4.78, 5) is -0.117. The fraction of sp³-hybridized carbons (Fsp3) is 0. The molecule has 3 rings (SSSR count). The second kappa shape index (κ2) is 8.61. The first-order chi connectivity index (χ1) is 11.6. The molecule has 25 heavy (non-hydrogen) atoms. The molecule has 0 unspecified atom stereocenters. The van der Waals surface area contributed by atoms with E-state index in [2.05, 4.69) is 0 Å². The molecule has 0 saturated carbocycles. The van der Waals surface area contributed by atoms with Crippen LogP contribution in [0.1, 0.15) is 11.1 Å². The zero-order valence-corrected chi connectivity index (χ0v) is 13.6. The van der Waals surface area contributed by atoms with E-state index in [-0.39, 0.29) is 34.5 Å². The molecule has 0 heterocycles. The van der Waals surface area contributed by atoms with Crippen LogP contribution in [-0.2, 0) is 10.1 Å². The van der Waals surface area contributed by atoms with Gasteiger partial charge in [-0.05, 0) is 22.8 Å². The van der Waals surface area contributed by atoms with Crippen LogP contribution in [0.5, 0.6) is 0 Å². The minimum atomic E-state index is -4.39. The second-order valence-electron chi connectivity index (χ2n) is 5.31. The molecule has 0 atom stereocenters. The standard InChI is InChI=1S/C20H16O3S.Na.H/c21-24(22,23)20(15-16-9-3-1-4-10-16)19-14-8-7-13-18(19)17-11-5-2-6-12-17;;/h1-15H,(H,21,22,23);;. The molecular formula is C20H17NaO3S. The summed E-state index contributed by atoms with van der Waals surface area (Å²) in [6.07, 6.45) is 1.48. The van der Waals surface area contributed by atoms with Crippen LogP contribution in [0.4, 0.5) is 0 Å². The van der Waals surface area contributed by atoms with Gasteiger partial charge in [0.05, 0.1) is 0 Å². The van der Waals surface area contributed by atoms with Crippen molar-refractivity contribution in [1.82, 2.24) is 0 Å². The van der Waals surface area contributed by atoms with Crippen molar-refractivity contribution in [3.63, 3.8) is 0 Å². The average Bonchev–Trinajstić information content (AvgIpc) is 2.60. The van der Waals surface area contributed by atoms with Crippen molar-refractivity contribution < 1.29 is 13.0 Å². The summed E-state index contributed by atoms with van der Waals surface area (Å²) in [6.45, 7) is 0. The second-order valence-corrected chi connectivity index (χ2v) is 6.70. The van der Waals surface area contributed by atoms with Crippen molar-refractivity contribution in [3.05, 3.63) is 96.1 Å². The molecule has 0 aliphatic carbocycles. The molecule has 1 N–H and O–H groups in total. The quantitative estimate of drug-likeness (QED) is 0.433. The van der Waals surface area contributed by atoms with Crippen molar-refractivity contribution in [2.24, 2.45) is 0 Å². The summed E-state index contributed by atoms with van der Waals surface area (Å²) < 4.78 is 33.8. The fourth-order valence-electron chi connectivity index (χ4n) is 2.56. The van der Waals surface area contributed by atoms with Crippen molar-refractivity contribution in [3.8, 4) is 11.1 Å². The van der Waals surface area contributed by atoms with Gasteiger partial charge >= 0.3 is 29.6 Å². The van der Waals surface area contributed by atoms with Crippen LogP contribution in [-0.4, -0.2) is 42.5 Å². The number of rotatable bonds is 4. The van der Waals surface area contributed by atoms with Gasteiger partial charge in [0.15, 0.2) is 0 Å². The Hall–Kier alpha value is -1.69. The Bertz CT molecular complexity index is 966. The SMILES string of the molecule is O=S(=O)(O)C(=Cc1ccccc1)c1ccccc1-c1ccccc1.[NaH]. The monoisotopic (exact) mass is 360 g/mol. The molecule has 0 spiro atoms. The van der Waals surface area contributed by atoms with Crippen LogP contribution in [0.15, 0.2) is 84.9 Å². The van der Waals surface area contributed by atoms with E-state index in [9.17, 15) is 13.0 Å². The normalized spacial score (nSPS) is 11.6. The molecule has 0 amide bonds. The van der Waals surface area contributed by atoms with Gasteiger partial charge in [0, 0.05) is 5.56 Å². The molecule has 3 aromatic rings. The number of hydrogen-bond acceptors (Lipinski definition) is 2. The number of benzene rings is 3. The molecule has 0 fully saturated rings. The summed E-state index contributed by atoms with van der Waals surface area (Å²) in [5, 5.41) is 0. The summed E-state index contributed by atoms with van der Waals surface area (Å²) in [5.74, 6) is 0. The Morgan fingerprint density at radius 1 is 0.760 bits per heavy atom. The summed E-state index contributed by atoms with van der Waals surface area (Å²) in [5.41, 5.74) is 2.80. The molecular weight excluding hydrogens is 343 g/mol. The van der Waals surface area contributed by atoms with Crippen LogP contribution in [0.25, 0.3) is 22.1 Å². The van der Waals surface area contributed by atoms with Crippen LogP contribution >= 0.6 is 0 Å². The fourth-order valence-corrected chi connectivity index (χ4v) is 3.30. The first-order valence-electron chi connectivity index (χ1n) is 7.45. The maximum absolute atomic E-state index is 12.0. The first-order valence-corrected chi connectivity index (χ1v) is 8.89. The van der Waals surface area contributed by atoms with E-state index in [1.807, 2.05) is 60.7 Å². The Kier molecular flexibility index (Phi) is 6.76. The van der Waals surface area contributed by atoms with E-state index >= 15 is 0 Å². The first kappa shape index (κ1) is 19.6. The third-order valence-corrected chi connectivity index (χ3v) is 4.55. The predicted molar refractivity (Wildman–Crippen MR) is 105 cm³/mol. The summed E-state index contributed by atoms with van der Waals surface area (Å²) >= 11 is 0. The molecule has 5 heteroatoms. The van der Waals surface area contributed by atoms with Gasteiger partial charge in [-0.15, -0.1) is 0 Å². The molecule has 3 aromatic carbocycles. The van der Waals surface area contributed by atoms with Gasteiger partial charge in [0.2, 0.25) is 0 Å². The summed E-state index contributed by atoms with van der Waals surface area (Å²) in [7, 11) is -4.39. The van der Waals surface area contributed by atoms with Gasteiger partial charge < -0.3 is 0 Å². The third-order valence-electron chi connectivity index (χ3n) is 3.65. The molecule has 0 radical (unpaired) electrons. The Morgan fingerprint density at radius 2 is 1.28 bits per heavy atom. The van der Waals surface area contributed by atoms with E-state index in [1.54, 1.807) is 24.3 Å². The minimum absolute atomic E-state index is 0. The van der Waals surface area contributed by atoms with E-state index < -0.39 is 10.1 Å². The molecule has 0 aliphatic heterocycles. The zero-order chi connectivity index (χ0) is 17.0. The van der Waals surface area contributed by atoms with Crippen LogP contribution in [0, 0.1) is 0 Å². The Labute approximate surface area is 170 Å². The Balaban J connectivity index is 0.00000225. The topological polar surface area (TPSA) is 54.4 Å². The van der Waals surface area contributed by atoms with Gasteiger partial charge in [-0.25, -0.2) is 0 Å². The van der Waals surface area contributed by atoms with Crippen molar-refractivity contribution in [2.75, 3.05) is 0 Å². The van der Waals surface area contributed by atoms with Gasteiger partial charge in [-0.3, -0.25) is 4.55 Å². The van der Waals surface area contributed by atoms with Crippen molar-refractivity contribution >= 4 is 50.7 Å². The third kappa shape index (κ3) is 4.91. The van der Waals surface area contributed by atoms with Crippen LogP contribution < -0.4 is 0 Å². The van der Waals surface area contributed by atoms with Crippen LogP contribution in [0.3, 0.4) is 0 Å².